The number of furan rings is 1. The second-order valence-corrected chi connectivity index (χ2v) is 8.80. The second kappa shape index (κ2) is 8.45. The molecule has 162 valence electrons. The number of aryl methyl sites for hydroxylation is 1. The molecule has 32 heavy (non-hydrogen) atoms. The van der Waals surface area contributed by atoms with Crippen LogP contribution in [0, 0.1) is 13.8 Å². The van der Waals surface area contributed by atoms with Crippen molar-refractivity contribution < 1.29 is 4.42 Å². The Bertz CT molecular complexity index is 1250. The van der Waals surface area contributed by atoms with E-state index in [1.807, 2.05) is 54.7 Å². The van der Waals surface area contributed by atoms with Crippen molar-refractivity contribution >= 4 is 28.9 Å². The number of thiocarbonyl (C=S) groups is 1. The van der Waals surface area contributed by atoms with Gasteiger partial charge in [-0.3, -0.25) is 4.98 Å². The maximum Gasteiger partial charge on any atom is 0.170 e. The van der Waals surface area contributed by atoms with Gasteiger partial charge in [0.2, 0.25) is 0 Å². The monoisotopic (exact) mass is 462 g/mol. The number of hydrogen-bond donors (Lipinski definition) is 1. The van der Waals surface area contributed by atoms with Crippen molar-refractivity contribution in [1.29, 1.82) is 0 Å². The number of benzene rings is 1. The van der Waals surface area contributed by atoms with Gasteiger partial charge in [0.15, 0.2) is 5.11 Å². The third-order valence-corrected chi connectivity index (χ3v) is 6.55. The summed E-state index contributed by atoms with van der Waals surface area (Å²) in [6.45, 7) is 4.84. The summed E-state index contributed by atoms with van der Waals surface area (Å²) in [6.07, 6.45) is 3.51. The molecular weight excluding hydrogens is 440 g/mol. The Balaban J connectivity index is 1.63. The highest BCUT2D eigenvalue weighted by atomic mass is 35.5. The molecule has 1 aliphatic rings. The first kappa shape index (κ1) is 20.8. The second-order valence-electron chi connectivity index (χ2n) is 7.98. The Hall–Kier alpha value is -3.09. The van der Waals surface area contributed by atoms with Crippen LogP contribution >= 0.6 is 23.8 Å². The summed E-state index contributed by atoms with van der Waals surface area (Å²) in [7, 11) is 0. The summed E-state index contributed by atoms with van der Waals surface area (Å²) < 4.78 is 7.89. The molecule has 0 aliphatic carbocycles. The Morgan fingerprint density at radius 2 is 1.97 bits per heavy atom. The van der Waals surface area contributed by atoms with Gasteiger partial charge in [0.05, 0.1) is 30.6 Å². The van der Waals surface area contributed by atoms with E-state index >= 15 is 0 Å². The minimum atomic E-state index is -0.0769. The number of halogens is 1. The smallest absolute Gasteiger partial charge is 0.170 e. The van der Waals surface area contributed by atoms with Crippen LogP contribution in [-0.2, 0) is 6.54 Å². The van der Waals surface area contributed by atoms with Crippen LogP contribution < -0.4 is 5.32 Å². The molecule has 1 N–H and O–H groups in total. The zero-order valence-corrected chi connectivity index (χ0v) is 19.4. The number of nitrogens with zero attached hydrogens (tertiary/aromatic N) is 3. The quantitative estimate of drug-likeness (QED) is 0.373. The molecule has 2 atom stereocenters. The van der Waals surface area contributed by atoms with E-state index in [0.29, 0.717) is 16.7 Å². The van der Waals surface area contributed by atoms with Gasteiger partial charge in [-0.25, -0.2) is 0 Å². The van der Waals surface area contributed by atoms with Crippen LogP contribution in [0.3, 0.4) is 0 Å². The van der Waals surface area contributed by atoms with Gasteiger partial charge in [0.1, 0.15) is 5.76 Å². The van der Waals surface area contributed by atoms with Crippen molar-refractivity contribution in [2.24, 2.45) is 0 Å². The largest absolute Gasteiger partial charge is 0.467 e. The number of pyridine rings is 1. The van der Waals surface area contributed by atoms with E-state index in [1.165, 1.54) is 5.56 Å². The van der Waals surface area contributed by atoms with Crippen molar-refractivity contribution in [3.63, 3.8) is 0 Å². The molecule has 7 heteroatoms. The molecule has 4 heterocycles. The van der Waals surface area contributed by atoms with Crippen LogP contribution in [0.15, 0.2) is 77.5 Å². The van der Waals surface area contributed by atoms with Crippen LogP contribution in [0.2, 0.25) is 5.02 Å². The van der Waals surface area contributed by atoms with E-state index < -0.39 is 0 Å². The van der Waals surface area contributed by atoms with Crippen LogP contribution in [0.1, 0.15) is 40.5 Å². The molecule has 0 amide bonds. The summed E-state index contributed by atoms with van der Waals surface area (Å²) in [5, 5.41) is 4.91. The molecule has 0 unspecified atom stereocenters. The highest BCUT2D eigenvalue weighted by molar-refractivity contribution is 7.80. The van der Waals surface area contributed by atoms with Gasteiger partial charge in [-0.05, 0) is 80.2 Å². The zero-order valence-electron chi connectivity index (χ0n) is 17.8. The van der Waals surface area contributed by atoms with Crippen molar-refractivity contribution in [1.82, 2.24) is 19.8 Å². The predicted octanol–water partition coefficient (Wildman–Crippen LogP) is 5.91. The van der Waals surface area contributed by atoms with Crippen molar-refractivity contribution in [3.05, 3.63) is 107 Å². The van der Waals surface area contributed by atoms with E-state index in [2.05, 4.69) is 45.7 Å². The van der Waals surface area contributed by atoms with Crippen LogP contribution in [-0.4, -0.2) is 19.6 Å². The van der Waals surface area contributed by atoms with Crippen molar-refractivity contribution in [2.45, 2.75) is 32.5 Å². The van der Waals surface area contributed by atoms with Crippen molar-refractivity contribution in [2.75, 3.05) is 0 Å². The standard InChI is InChI=1S/C25H23ClN4OS/c1-16-13-21(17(2)30(16)19-8-5-7-18(26)14-19)24-23(22-10-3-4-11-27-22)28-25(32)29(24)15-20-9-6-12-31-20/h3-14,23-24H,15H2,1-2H3,(H,28,32)/t23-,24-/m0/s1. The van der Waals surface area contributed by atoms with E-state index in [-0.39, 0.29) is 12.1 Å². The lowest BCUT2D eigenvalue weighted by atomic mass is 9.96. The minimum Gasteiger partial charge on any atom is -0.467 e. The molecule has 4 aromatic rings. The predicted molar refractivity (Wildman–Crippen MR) is 130 cm³/mol. The van der Waals surface area contributed by atoms with Crippen LogP contribution in [0.25, 0.3) is 5.69 Å². The molecule has 5 nitrogen and oxygen atoms in total. The summed E-state index contributed by atoms with van der Waals surface area (Å²) in [4.78, 5) is 6.83. The van der Waals surface area contributed by atoms with Gasteiger partial charge in [0, 0.05) is 28.3 Å². The number of aromatic nitrogens is 2. The fraction of sp³-hybridized carbons (Fsp3) is 0.200. The van der Waals surface area contributed by atoms with E-state index in [4.69, 9.17) is 28.2 Å². The summed E-state index contributed by atoms with van der Waals surface area (Å²) >= 11 is 12.1. The highest BCUT2D eigenvalue weighted by Gasteiger charge is 2.41. The molecule has 0 spiro atoms. The average molecular weight is 463 g/mol. The molecule has 0 bridgehead atoms. The molecular formula is C25H23ClN4OS. The Labute approximate surface area is 197 Å². The summed E-state index contributed by atoms with van der Waals surface area (Å²) in [5.74, 6) is 0.865. The first-order valence-electron chi connectivity index (χ1n) is 10.5. The van der Waals surface area contributed by atoms with Crippen LogP contribution in [0.4, 0.5) is 0 Å². The first-order valence-corrected chi connectivity index (χ1v) is 11.3. The lowest BCUT2D eigenvalue weighted by molar-refractivity contribution is 0.286. The maximum atomic E-state index is 6.29. The fourth-order valence-electron chi connectivity index (χ4n) is 4.58. The number of rotatable bonds is 5. The Morgan fingerprint density at radius 1 is 1.09 bits per heavy atom. The zero-order chi connectivity index (χ0) is 22.2. The maximum absolute atomic E-state index is 6.29. The molecule has 1 aliphatic heterocycles. The average Bonchev–Trinajstić information content (AvgIpc) is 3.48. The topological polar surface area (TPSA) is 46.2 Å². The minimum absolute atomic E-state index is 0.0402. The molecule has 1 saturated heterocycles. The molecule has 1 fully saturated rings. The SMILES string of the molecule is Cc1cc([C@H]2[C@H](c3ccccn3)NC(=S)N2Cc2ccco2)c(C)n1-c1cccc(Cl)c1. The summed E-state index contributed by atoms with van der Waals surface area (Å²) in [6, 6.07) is 19.9. The Morgan fingerprint density at radius 3 is 2.69 bits per heavy atom. The highest BCUT2D eigenvalue weighted by Crippen LogP contribution is 2.42. The molecule has 3 aromatic heterocycles. The number of nitrogens with one attached hydrogen (secondary N) is 1. The van der Waals surface area contributed by atoms with Crippen molar-refractivity contribution in [3.8, 4) is 5.69 Å². The van der Waals surface area contributed by atoms with E-state index in [0.717, 1.165) is 28.5 Å². The molecule has 0 saturated carbocycles. The Kier molecular flexibility index (Phi) is 5.49. The third-order valence-electron chi connectivity index (χ3n) is 5.96. The third kappa shape index (κ3) is 3.70. The van der Waals surface area contributed by atoms with Crippen LogP contribution in [0.5, 0.6) is 0 Å². The summed E-state index contributed by atoms with van der Waals surface area (Å²) in [5.41, 5.74) is 5.47. The lowest BCUT2D eigenvalue weighted by Crippen LogP contribution is -2.29. The lowest BCUT2D eigenvalue weighted by Gasteiger charge is -2.27. The normalized spacial score (nSPS) is 18.2. The number of hydrogen-bond acceptors (Lipinski definition) is 3. The van der Waals surface area contributed by atoms with Gasteiger partial charge < -0.3 is 19.2 Å². The fourth-order valence-corrected chi connectivity index (χ4v) is 5.07. The first-order chi connectivity index (χ1) is 15.5. The molecule has 1 aromatic carbocycles. The molecule has 0 radical (unpaired) electrons. The van der Waals surface area contributed by atoms with E-state index in [9.17, 15) is 0 Å². The van der Waals surface area contributed by atoms with Gasteiger partial charge in [-0.15, -0.1) is 0 Å². The van der Waals surface area contributed by atoms with Gasteiger partial charge in [-0.2, -0.15) is 0 Å². The van der Waals surface area contributed by atoms with Gasteiger partial charge in [0.25, 0.3) is 0 Å². The van der Waals surface area contributed by atoms with Gasteiger partial charge in [-0.1, -0.05) is 23.7 Å². The molecule has 5 rings (SSSR count). The van der Waals surface area contributed by atoms with Gasteiger partial charge >= 0.3 is 0 Å². The van der Waals surface area contributed by atoms with E-state index in [1.54, 1.807) is 6.26 Å².